The molecule has 29 heavy (non-hydrogen) atoms. The normalized spacial score (nSPS) is 12.2. The number of carboxylic acids is 1. The fraction of sp³-hybridized carbons (Fsp3) is 0.720. The lowest BCUT2D eigenvalue weighted by atomic mass is 10.0. The Morgan fingerprint density at radius 1 is 0.793 bits per heavy atom. The summed E-state index contributed by atoms with van der Waals surface area (Å²) in [4.78, 5) is 11.4. The third-order valence-electron chi connectivity index (χ3n) is 5.60. The molecule has 4 nitrogen and oxygen atoms in total. The maximum Gasteiger partial charge on any atom is 0.321 e. The second-order valence-electron chi connectivity index (χ2n) is 8.31. The van der Waals surface area contributed by atoms with Gasteiger partial charge in [0.1, 0.15) is 11.8 Å². The van der Waals surface area contributed by atoms with E-state index in [2.05, 4.69) is 12.2 Å². The molecule has 1 aromatic rings. The van der Waals surface area contributed by atoms with Gasteiger partial charge in [-0.1, -0.05) is 103 Å². The van der Waals surface area contributed by atoms with Crippen LogP contribution in [0.15, 0.2) is 24.3 Å². The van der Waals surface area contributed by atoms with Gasteiger partial charge in [-0.3, -0.25) is 4.79 Å². The molecule has 0 aliphatic rings. The zero-order valence-electron chi connectivity index (χ0n) is 18.5. The average molecular weight is 406 g/mol. The van der Waals surface area contributed by atoms with E-state index in [9.17, 15) is 15.0 Å². The standard InChI is InChI=1S/C25H43NO3/c1-2-3-4-5-6-7-8-9-10-11-12-13-14-15-20-26-24(25(28)29)21-22-16-18-23(27)19-17-22/h16-19,24,26-27H,2-15,20-21H2,1H3,(H,28,29). The van der Waals surface area contributed by atoms with E-state index in [4.69, 9.17) is 0 Å². The van der Waals surface area contributed by atoms with Crippen LogP contribution in [-0.2, 0) is 11.2 Å². The molecule has 1 rings (SSSR count). The zero-order chi connectivity index (χ0) is 21.2. The van der Waals surface area contributed by atoms with E-state index in [0.717, 1.165) is 24.9 Å². The van der Waals surface area contributed by atoms with E-state index in [1.807, 2.05) is 0 Å². The summed E-state index contributed by atoms with van der Waals surface area (Å²) in [7, 11) is 0. The molecule has 4 heteroatoms. The molecule has 0 aliphatic carbocycles. The number of phenolic OH excluding ortho intramolecular Hbond substituents is 1. The molecule has 0 saturated carbocycles. The summed E-state index contributed by atoms with van der Waals surface area (Å²) in [5, 5.41) is 21.9. The van der Waals surface area contributed by atoms with Gasteiger partial charge in [-0.25, -0.2) is 0 Å². The topological polar surface area (TPSA) is 69.6 Å². The number of aliphatic carboxylic acids is 1. The van der Waals surface area contributed by atoms with Crippen molar-refractivity contribution in [2.24, 2.45) is 0 Å². The number of benzene rings is 1. The van der Waals surface area contributed by atoms with Gasteiger partial charge in [0.2, 0.25) is 0 Å². The molecule has 0 radical (unpaired) electrons. The minimum atomic E-state index is -0.816. The number of hydrogen-bond acceptors (Lipinski definition) is 3. The number of phenols is 1. The molecule has 0 amide bonds. The van der Waals surface area contributed by atoms with E-state index < -0.39 is 12.0 Å². The van der Waals surface area contributed by atoms with Crippen molar-refractivity contribution in [2.75, 3.05) is 6.54 Å². The third kappa shape index (κ3) is 14.1. The Balaban J connectivity index is 1.94. The highest BCUT2D eigenvalue weighted by Crippen LogP contribution is 2.13. The van der Waals surface area contributed by atoms with Crippen LogP contribution in [0.1, 0.15) is 102 Å². The van der Waals surface area contributed by atoms with Crippen LogP contribution in [-0.4, -0.2) is 28.8 Å². The van der Waals surface area contributed by atoms with Gasteiger partial charge in [0.25, 0.3) is 0 Å². The second kappa shape index (κ2) is 17.3. The molecule has 1 aromatic carbocycles. The molecule has 0 aromatic heterocycles. The number of rotatable bonds is 19. The molecule has 0 saturated heterocycles. The quantitative estimate of drug-likeness (QED) is 0.231. The van der Waals surface area contributed by atoms with Gasteiger partial charge in [-0.15, -0.1) is 0 Å². The van der Waals surface area contributed by atoms with Crippen LogP contribution in [0.5, 0.6) is 5.75 Å². The summed E-state index contributed by atoms with van der Waals surface area (Å²) in [6.07, 6.45) is 19.0. The highest BCUT2D eigenvalue weighted by molar-refractivity contribution is 5.73. The Morgan fingerprint density at radius 3 is 1.69 bits per heavy atom. The summed E-state index contributed by atoms with van der Waals surface area (Å²) in [5.41, 5.74) is 0.920. The first kappa shape index (κ1) is 25.5. The number of carboxylic acid groups (broad SMARTS) is 1. The lowest BCUT2D eigenvalue weighted by Crippen LogP contribution is -2.39. The maximum absolute atomic E-state index is 11.4. The van der Waals surface area contributed by atoms with Crippen molar-refractivity contribution >= 4 is 5.97 Å². The summed E-state index contributed by atoms with van der Waals surface area (Å²) >= 11 is 0. The van der Waals surface area contributed by atoms with Crippen LogP contribution in [0.4, 0.5) is 0 Å². The Hall–Kier alpha value is -1.55. The van der Waals surface area contributed by atoms with Crippen LogP contribution in [0.25, 0.3) is 0 Å². The van der Waals surface area contributed by atoms with Crippen molar-refractivity contribution in [3.05, 3.63) is 29.8 Å². The Bertz CT molecular complexity index is 515. The first-order valence-electron chi connectivity index (χ1n) is 11.9. The number of carbonyl (C=O) groups is 1. The van der Waals surface area contributed by atoms with Crippen molar-refractivity contribution in [2.45, 2.75) is 109 Å². The molecular weight excluding hydrogens is 362 g/mol. The van der Waals surface area contributed by atoms with Crippen molar-refractivity contribution in [1.82, 2.24) is 5.32 Å². The van der Waals surface area contributed by atoms with Gasteiger partial charge < -0.3 is 15.5 Å². The number of unbranched alkanes of at least 4 members (excludes halogenated alkanes) is 13. The van der Waals surface area contributed by atoms with Crippen LogP contribution in [0.2, 0.25) is 0 Å². The highest BCUT2D eigenvalue weighted by Gasteiger charge is 2.16. The second-order valence-corrected chi connectivity index (χ2v) is 8.31. The zero-order valence-corrected chi connectivity index (χ0v) is 18.5. The largest absolute Gasteiger partial charge is 0.508 e. The maximum atomic E-state index is 11.4. The molecule has 166 valence electrons. The number of hydrogen-bond donors (Lipinski definition) is 3. The van der Waals surface area contributed by atoms with Gasteiger partial charge in [-0.05, 0) is 37.1 Å². The first-order chi connectivity index (χ1) is 14.1. The van der Waals surface area contributed by atoms with E-state index in [0.29, 0.717) is 6.42 Å². The number of aromatic hydroxyl groups is 1. The predicted octanol–water partition coefficient (Wildman–Crippen LogP) is 6.46. The van der Waals surface area contributed by atoms with E-state index in [-0.39, 0.29) is 5.75 Å². The van der Waals surface area contributed by atoms with Crippen molar-refractivity contribution < 1.29 is 15.0 Å². The monoisotopic (exact) mass is 405 g/mol. The van der Waals surface area contributed by atoms with Crippen molar-refractivity contribution in [1.29, 1.82) is 0 Å². The van der Waals surface area contributed by atoms with E-state index in [1.54, 1.807) is 24.3 Å². The number of nitrogens with one attached hydrogen (secondary N) is 1. The average Bonchev–Trinajstić information content (AvgIpc) is 2.71. The lowest BCUT2D eigenvalue weighted by Gasteiger charge is -2.14. The van der Waals surface area contributed by atoms with Crippen molar-refractivity contribution in [3.8, 4) is 5.75 Å². The van der Waals surface area contributed by atoms with Crippen LogP contribution in [0.3, 0.4) is 0 Å². The first-order valence-corrected chi connectivity index (χ1v) is 11.9. The van der Waals surface area contributed by atoms with E-state index >= 15 is 0 Å². The van der Waals surface area contributed by atoms with Gasteiger partial charge in [-0.2, -0.15) is 0 Å². The minimum absolute atomic E-state index is 0.205. The van der Waals surface area contributed by atoms with Crippen molar-refractivity contribution in [3.63, 3.8) is 0 Å². The molecule has 3 N–H and O–H groups in total. The molecular formula is C25H43NO3. The molecule has 0 spiro atoms. The Morgan fingerprint density at radius 2 is 1.24 bits per heavy atom. The molecule has 0 aliphatic heterocycles. The van der Waals surface area contributed by atoms with Gasteiger partial charge in [0, 0.05) is 0 Å². The van der Waals surface area contributed by atoms with Gasteiger partial charge in [0.05, 0.1) is 0 Å². The minimum Gasteiger partial charge on any atom is -0.508 e. The summed E-state index contributed by atoms with van der Waals surface area (Å²) in [6.45, 7) is 3.01. The molecule has 0 fully saturated rings. The Kier molecular flexibility index (Phi) is 15.2. The van der Waals surface area contributed by atoms with Gasteiger partial charge in [0.15, 0.2) is 0 Å². The smallest absolute Gasteiger partial charge is 0.321 e. The summed E-state index contributed by atoms with van der Waals surface area (Å²) < 4.78 is 0. The molecule has 1 unspecified atom stereocenters. The van der Waals surface area contributed by atoms with Crippen LogP contribution >= 0.6 is 0 Å². The predicted molar refractivity (Wildman–Crippen MR) is 122 cm³/mol. The molecule has 0 bridgehead atoms. The van der Waals surface area contributed by atoms with Crippen LogP contribution in [0, 0.1) is 0 Å². The lowest BCUT2D eigenvalue weighted by molar-refractivity contribution is -0.139. The van der Waals surface area contributed by atoms with Gasteiger partial charge >= 0.3 is 5.97 Å². The SMILES string of the molecule is CCCCCCCCCCCCCCCCNC(Cc1ccc(O)cc1)C(=O)O. The van der Waals surface area contributed by atoms with Crippen LogP contribution < -0.4 is 5.32 Å². The Labute approximate surface area is 178 Å². The summed E-state index contributed by atoms with van der Waals surface area (Å²) in [6, 6.07) is 6.18. The fourth-order valence-electron chi connectivity index (χ4n) is 3.71. The summed E-state index contributed by atoms with van der Waals surface area (Å²) in [5.74, 6) is -0.612. The highest BCUT2D eigenvalue weighted by atomic mass is 16.4. The molecule has 0 heterocycles. The fourth-order valence-corrected chi connectivity index (χ4v) is 3.71. The molecule has 1 atom stereocenters. The third-order valence-corrected chi connectivity index (χ3v) is 5.60. The van der Waals surface area contributed by atoms with E-state index in [1.165, 1.54) is 77.0 Å².